The summed E-state index contributed by atoms with van der Waals surface area (Å²) < 4.78 is 26.1. The Hall–Kier alpha value is -2.87. The number of carbonyl (C=O) groups is 2. The zero-order valence-corrected chi connectivity index (χ0v) is 15.5. The van der Waals surface area contributed by atoms with Gasteiger partial charge in [-0.2, -0.15) is 0 Å². The molecule has 5 N–H and O–H groups in total. The van der Waals surface area contributed by atoms with Crippen molar-refractivity contribution in [2.75, 3.05) is 12.3 Å². The summed E-state index contributed by atoms with van der Waals surface area (Å²) in [7, 11) is 0. The van der Waals surface area contributed by atoms with Crippen molar-refractivity contribution in [3.8, 4) is 11.8 Å². The Balaban J connectivity index is 2.15. The molecule has 0 fully saturated rings. The molecule has 0 aliphatic rings. The number of nitrogens with zero attached hydrogens (tertiary/aromatic N) is 1. The largest absolute Gasteiger partial charge is 0.388 e. The minimum absolute atomic E-state index is 0.0633. The number of rotatable bonds is 6. The first-order chi connectivity index (χ1) is 13.1. The second kappa shape index (κ2) is 8.88. The van der Waals surface area contributed by atoms with Crippen LogP contribution in [0.1, 0.15) is 27.7 Å². The molecule has 0 unspecified atom stereocenters. The predicted molar refractivity (Wildman–Crippen MR) is 98.9 cm³/mol. The second-order valence-electron chi connectivity index (χ2n) is 5.95. The average Bonchev–Trinajstić information content (AvgIpc) is 3.09. The third-order valence-corrected chi connectivity index (χ3v) is 4.52. The van der Waals surface area contributed by atoms with Crippen molar-refractivity contribution in [3.63, 3.8) is 0 Å². The Kier molecular flexibility index (Phi) is 6.80. The SMILES string of the molecule is C[C@@](O)(C(F)F)[C@H](NC(=O)c1ccc(C#Cc2cnc(N)s2)cc1)C(=O)CO. The molecule has 148 valence electrons. The van der Waals surface area contributed by atoms with Gasteiger partial charge in [-0.05, 0) is 37.1 Å². The third kappa shape index (κ3) is 5.10. The molecule has 2 aromatic rings. The van der Waals surface area contributed by atoms with E-state index < -0.39 is 36.4 Å². The van der Waals surface area contributed by atoms with E-state index in [0.717, 1.165) is 0 Å². The van der Waals surface area contributed by atoms with Crippen LogP contribution in [0.2, 0.25) is 0 Å². The Morgan fingerprint density at radius 3 is 2.46 bits per heavy atom. The van der Waals surface area contributed by atoms with Gasteiger partial charge in [0.2, 0.25) is 0 Å². The number of hydrogen-bond donors (Lipinski definition) is 4. The number of nitrogen functional groups attached to an aromatic ring is 1. The maximum Gasteiger partial charge on any atom is 0.269 e. The van der Waals surface area contributed by atoms with Crippen LogP contribution in [0, 0.1) is 11.8 Å². The summed E-state index contributed by atoms with van der Waals surface area (Å²) in [5.41, 5.74) is 3.31. The van der Waals surface area contributed by atoms with Gasteiger partial charge in [-0.15, -0.1) is 0 Å². The van der Waals surface area contributed by atoms with E-state index in [1.807, 2.05) is 0 Å². The fraction of sp³-hybridized carbons (Fsp3) is 0.278. The van der Waals surface area contributed by atoms with E-state index in [0.29, 0.717) is 22.5 Å². The number of halogens is 2. The van der Waals surface area contributed by atoms with E-state index in [1.54, 1.807) is 0 Å². The van der Waals surface area contributed by atoms with E-state index in [-0.39, 0.29) is 5.56 Å². The van der Waals surface area contributed by atoms with Crippen LogP contribution < -0.4 is 11.1 Å². The standard InChI is InChI=1S/C18H17F2N3O4S/c1-18(27,16(19)20)14(13(25)9-24)23-15(26)11-5-2-10(3-6-11)4-7-12-8-22-17(21)28-12/h2-3,5-6,8,14,16,24,27H,9H2,1H3,(H2,21,22)(H,23,26)/t14-,18+/m1/s1. The highest BCUT2D eigenvalue weighted by Crippen LogP contribution is 2.21. The molecule has 1 aromatic carbocycles. The summed E-state index contributed by atoms with van der Waals surface area (Å²) in [6.45, 7) is -0.397. The highest BCUT2D eigenvalue weighted by Gasteiger charge is 2.45. The summed E-state index contributed by atoms with van der Waals surface area (Å²) in [5, 5.41) is 21.2. The smallest absolute Gasteiger partial charge is 0.269 e. The number of Topliss-reactive ketones (excluding diaryl/α,β-unsaturated/α-hetero) is 1. The van der Waals surface area contributed by atoms with Gasteiger partial charge < -0.3 is 21.3 Å². The van der Waals surface area contributed by atoms with Crippen LogP contribution in [0.25, 0.3) is 0 Å². The Labute approximate surface area is 163 Å². The Morgan fingerprint density at radius 2 is 1.96 bits per heavy atom. The number of benzene rings is 1. The summed E-state index contributed by atoms with van der Waals surface area (Å²) in [4.78, 5) is 28.5. The fourth-order valence-electron chi connectivity index (χ4n) is 2.17. The van der Waals surface area contributed by atoms with Gasteiger partial charge in [-0.3, -0.25) is 9.59 Å². The van der Waals surface area contributed by atoms with Gasteiger partial charge in [0, 0.05) is 11.1 Å². The highest BCUT2D eigenvalue weighted by molar-refractivity contribution is 7.15. The quantitative estimate of drug-likeness (QED) is 0.523. The minimum Gasteiger partial charge on any atom is -0.388 e. The number of amides is 1. The molecule has 0 aliphatic carbocycles. The Morgan fingerprint density at radius 1 is 1.32 bits per heavy atom. The number of alkyl halides is 2. The number of aliphatic hydroxyl groups excluding tert-OH is 1. The van der Waals surface area contributed by atoms with Crippen LogP contribution in [0.15, 0.2) is 30.5 Å². The normalized spacial score (nSPS) is 13.9. The van der Waals surface area contributed by atoms with Crippen molar-refractivity contribution in [1.29, 1.82) is 0 Å². The Bertz CT molecular complexity index is 917. The van der Waals surface area contributed by atoms with Crippen LogP contribution >= 0.6 is 11.3 Å². The lowest BCUT2D eigenvalue weighted by Crippen LogP contribution is -2.59. The first-order valence-electron chi connectivity index (χ1n) is 7.93. The number of nitrogens with one attached hydrogen (secondary N) is 1. The number of aliphatic hydroxyl groups is 2. The molecule has 0 saturated carbocycles. The summed E-state index contributed by atoms with van der Waals surface area (Å²) in [6, 6.07) is 3.86. The summed E-state index contributed by atoms with van der Waals surface area (Å²) >= 11 is 1.22. The van der Waals surface area contributed by atoms with Crippen molar-refractivity contribution in [2.45, 2.75) is 25.0 Å². The van der Waals surface area contributed by atoms with Gasteiger partial charge in [0.15, 0.2) is 10.9 Å². The van der Waals surface area contributed by atoms with Crippen LogP contribution in [0.5, 0.6) is 0 Å². The molecule has 10 heteroatoms. The zero-order chi connectivity index (χ0) is 20.9. The number of ketones is 1. The lowest BCUT2D eigenvalue weighted by atomic mass is 9.93. The molecule has 28 heavy (non-hydrogen) atoms. The molecule has 7 nitrogen and oxygen atoms in total. The van der Waals surface area contributed by atoms with Crippen molar-refractivity contribution in [1.82, 2.24) is 10.3 Å². The molecule has 1 heterocycles. The number of aromatic nitrogens is 1. The molecule has 0 saturated heterocycles. The molecular formula is C18H17F2N3O4S. The lowest BCUT2D eigenvalue weighted by Gasteiger charge is -2.31. The van der Waals surface area contributed by atoms with Crippen LogP contribution in [-0.4, -0.2) is 51.6 Å². The van der Waals surface area contributed by atoms with Crippen LogP contribution in [0.3, 0.4) is 0 Å². The molecule has 0 bridgehead atoms. The van der Waals surface area contributed by atoms with Gasteiger partial charge in [0.25, 0.3) is 12.3 Å². The van der Waals surface area contributed by atoms with E-state index in [2.05, 4.69) is 22.1 Å². The number of carbonyl (C=O) groups excluding carboxylic acids is 2. The number of thiazole rings is 1. The van der Waals surface area contributed by atoms with E-state index in [9.17, 15) is 23.5 Å². The molecule has 2 rings (SSSR count). The molecule has 0 spiro atoms. The van der Waals surface area contributed by atoms with Gasteiger partial charge >= 0.3 is 0 Å². The monoisotopic (exact) mass is 409 g/mol. The van der Waals surface area contributed by atoms with Gasteiger partial charge in [0.05, 0.1) is 11.1 Å². The van der Waals surface area contributed by atoms with E-state index in [1.165, 1.54) is 41.8 Å². The number of nitrogens with two attached hydrogens (primary N) is 1. The summed E-state index contributed by atoms with van der Waals surface area (Å²) in [5.74, 6) is 3.72. The van der Waals surface area contributed by atoms with Gasteiger partial charge in [-0.25, -0.2) is 13.8 Å². The second-order valence-corrected chi connectivity index (χ2v) is 7.01. The maximum atomic E-state index is 13.0. The maximum absolute atomic E-state index is 13.0. The van der Waals surface area contributed by atoms with Crippen LogP contribution in [-0.2, 0) is 4.79 Å². The summed E-state index contributed by atoms with van der Waals surface area (Å²) in [6.07, 6.45) is -1.78. The van der Waals surface area contributed by atoms with Crippen molar-refractivity contribution in [3.05, 3.63) is 46.5 Å². The fourth-order valence-corrected chi connectivity index (χ4v) is 2.71. The lowest BCUT2D eigenvalue weighted by molar-refractivity contribution is -0.142. The van der Waals surface area contributed by atoms with E-state index >= 15 is 0 Å². The third-order valence-electron chi connectivity index (χ3n) is 3.78. The van der Waals surface area contributed by atoms with Gasteiger partial charge in [0.1, 0.15) is 18.2 Å². The van der Waals surface area contributed by atoms with Crippen molar-refractivity contribution in [2.24, 2.45) is 0 Å². The molecule has 0 radical (unpaired) electrons. The topological polar surface area (TPSA) is 126 Å². The number of anilines is 1. The molecule has 1 aromatic heterocycles. The average molecular weight is 409 g/mol. The molecular weight excluding hydrogens is 392 g/mol. The minimum atomic E-state index is -3.31. The van der Waals surface area contributed by atoms with Gasteiger partial charge in [-0.1, -0.05) is 17.3 Å². The number of hydrogen-bond acceptors (Lipinski definition) is 7. The first-order valence-corrected chi connectivity index (χ1v) is 8.75. The van der Waals surface area contributed by atoms with E-state index in [4.69, 9.17) is 10.8 Å². The highest BCUT2D eigenvalue weighted by atomic mass is 32.1. The van der Waals surface area contributed by atoms with Crippen molar-refractivity contribution >= 4 is 28.2 Å². The van der Waals surface area contributed by atoms with Crippen LogP contribution in [0.4, 0.5) is 13.9 Å². The zero-order valence-electron chi connectivity index (χ0n) is 14.6. The first kappa shape index (κ1) is 21.4. The molecule has 1 amide bonds. The van der Waals surface area contributed by atoms with Crippen molar-refractivity contribution < 1.29 is 28.6 Å². The molecule has 2 atom stereocenters. The molecule has 0 aliphatic heterocycles. The predicted octanol–water partition coefficient (Wildman–Crippen LogP) is 0.801.